The van der Waals surface area contributed by atoms with Crippen molar-refractivity contribution < 1.29 is 9.90 Å². The average Bonchev–Trinajstić information content (AvgIpc) is 3.42. The van der Waals surface area contributed by atoms with Crippen LogP contribution >= 0.6 is 0 Å². The minimum Gasteiger partial charge on any atom is -0.396 e. The van der Waals surface area contributed by atoms with Gasteiger partial charge in [0.15, 0.2) is 5.78 Å². The number of ketones is 1. The zero-order valence-electron chi connectivity index (χ0n) is 21.9. The van der Waals surface area contributed by atoms with Gasteiger partial charge in [0.05, 0.1) is 5.56 Å². The van der Waals surface area contributed by atoms with E-state index in [2.05, 4.69) is 27.3 Å². The highest BCUT2D eigenvalue weighted by molar-refractivity contribution is 5.99. The van der Waals surface area contributed by atoms with Crippen molar-refractivity contribution in [3.8, 4) is 0 Å². The minimum atomic E-state index is -0.237. The van der Waals surface area contributed by atoms with E-state index in [1.54, 1.807) is 10.8 Å². The summed E-state index contributed by atoms with van der Waals surface area (Å²) < 4.78 is 1.74. The molecule has 37 heavy (non-hydrogen) atoms. The molecule has 3 heterocycles. The topological polar surface area (TPSA) is 100 Å². The summed E-state index contributed by atoms with van der Waals surface area (Å²) in [6, 6.07) is 8.37. The number of piperidine rings is 1. The molecule has 1 aromatic carbocycles. The molecule has 1 saturated carbocycles. The minimum absolute atomic E-state index is 0.0588. The number of anilines is 3. The quantitative estimate of drug-likeness (QED) is 0.410. The van der Waals surface area contributed by atoms with Crippen LogP contribution in [-0.4, -0.2) is 45.1 Å². The zero-order valence-corrected chi connectivity index (χ0v) is 21.9. The number of carbonyl (C=O) groups is 1. The average molecular weight is 504 g/mol. The van der Waals surface area contributed by atoms with E-state index in [4.69, 9.17) is 10.1 Å². The van der Waals surface area contributed by atoms with Gasteiger partial charge in [-0.15, -0.1) is 0 Å². The van der Waals surface area contributed by atoms with E-state index in [9.17, 15) is 9.59 Å². The van der Waals surface area contributed by atoms with Crippen molar-refractivity contribution in [2.75, 3.05) is 29.9 Å². The summed E-state index contributed by atoms with van der Waals surface area (Å²) in [5.74, 6) is 0.935. The number of benzene rings is 1. The van der Waals surface area contributed by atoms with Gasteiger partial charge in [-0.1, -0.05) is 12.8 Å². The predicted octanol–water partition coefficient (Wildman–Crippen LogP) is 5.15. The SMILES string of the molecule is CC(=O)c1c(C)c2cnc(Nc3ccc(N4CCC(CCCO)CC4)cc3)nc2n(C2CCCC2)c1=O. The molecule has 196 valence electrons. The summed E-state index contributed by atoms with van der Waals surface area (Å²) >= 11 is 0. The number of aromatic nitrogens is 3. The fraction of sp³-hybridized carbons (Fsp3) is 0.517. The number of nitrogens with one attached hydrogen (secondary N) is 1. The molecule has 1 aliphatic heterocycles. The zero-order chi connectivity index (χ0) is 25.9. The van der Waals surface area contributed by atoms with Gasteiger partial charge in [-0.3, -0.25) is 14.2 Å². The number of fused-ring (bicyclic) bond motifs is 1. The molecule has 8 heteroatoms. The van der Waals surface area contributed by atoms with Crippen LogP contribution in [0, 0.1) is 12.8 Å². The standard InChI is InChI=1S/C29H37N5O3/c1-19-25-18-30-29(32-27(25)34(24-7-3-4-8-24)28(37)26(19)20(2)36)31-22-9-11-23(12-10-22)33-15-13-21(14-16-33)6-5-17-35/h9-12,18,21,24,35H,3-8,13-17H2,1-2H3,(H,30,31,32). The summed E-state index contributed by atoms with van der Waals surface area (Å²) in [5.41, 5.74) is 3.34. The third-order valence-corrected chi connectivity index (χ3v) is 8.12. The van der Waals surface area contributed by atoms with Crippen molar-refractivity contribution in [2.24, 2.45) is 5.92 Å². The molecule has 0 bridgehead atoms. The monoisotopic (exact) mass is 503 g/mol. The van der Waals surface area contributed by atoms with E-state index in [-0.39, 0.29) is 29.6 Å². The molecule has 2 aliphatic rings. The highest BCUT2D eigenvalue weighted by atomic mass is 16.3. The molecule has 2 aromatic heterocycles. The molecule has 1 saturated heterocycles. The first-order chi connectivity index (χ1) is 18.0. The number of rotatable bonds is 8. The number of carbonyl (C=O) groups excluding carboxylic acids is 1. The van der Waals surface area contributed by atoms with Crippen LogP contribution in [0.25, 0.3) is 11.0 Å². The summed E-state index contributed by atoms with van der Waals surface area (Å²) in [5, 5.41) is 13.1. The van der Waals surface area contributed by atoms with Crippen LogP contribution in [0.15, 0.2) is 35.3 Å². The molecule has 5 rings (SSSR count). The van der Waals surface area contributed by atoms with Gasteiger partial charge in [-0.05, 0) is 88.1 Å². The largest absolute Gasteiger partial charge is 0.396 e. The van der Waals surface area contributed by atoms with Gasteiger partial charge in [0.25, 0.3) is 5.56 Å². The Morgan fingerprint density at radius 3 is 2.46 bits per heavy atom. The van der Waals surface area contributed by atoms with Crippen LogP contribution in [0.4, 0.5) is 17.3 Å². The fourth-order valence-electron chi connectivity index (χ4n) is 6.05. The van der Waals surface area contributed by atoms with Crippen LogP contribution in [0.1, 0.15) is 80.3 Å². The number of nitrogens with zero attached hydrogens (tertiary/aromatic N) is 4. The molecule has 0 amide bonds. The molecule has 0 spiro atoms. The van der Waals surface area contributed by atoms with E-state index in [1.165, 1.54) is 25.5 Å². The summed E-state index contributed by atoms with van der Waals surface area (Å²) in [6.07, 6.45) is 10.1. The van der Waals surface area contributed by atoms with Gasteiger partial charge >= 0.3 is 0 Å². The molecule has 0 radical (unpaired) electrons. The second-order valence-electron chi connectivity index (χ2n) is 10.6. The number of aliphatic hydroxyl groups excluding tert-OH is 1. The maximum absolute atomic E-state index is 13.4. The Bertz CT molecular complexity index is 1320. The molecule has 0 atom stereocenters. The molecule has 1 aliphatic carbocycles. The number of aliphatic hydroxyl groups is 1. The Labute approximate surface area is 217 Å². The third-order valence-electron chi connectivity index (χ3n) is 8.12. The Hall–Kier alpha value is -3.26. The van der Waals surface area contributed by atoms with Crippen molar-refractivity contribution >= 4 is 34.1 Å². The van der Waals surface area contributed by atoms with Crippen molar-refractivity contribution in [3.63, 3.8) is 0 Å². The molecule has 3 aromatic rings. The fourth-order valence-corrected chi connectivity index (χ4v) is 6.05. The Kier molecular flexibility index (Phi) is 7.55. The molecular formula is C29H37N5O3. The molecule has 2 N–H and O–H groups in total. The molecular weight excluding hydrogens is 466 g/mol. The van der Waals surface area contributed by atoms with E-state index < -0.39 is 0 Å². The predicted molar refractivity (Wildman–Crippen MR) is 147 cm³/mol. The van der Waals surface area contributed by atoms with Crippen LogP contribution in [0.3, 0.4) is 0 Å². The summed E-state index contributed by atoms with van der Waals surface area (Å²) in [6.45, 7) is 5.62. The Balaban J connectivity index is 1.38. The van der Waals surface area contributed by atoms with Gasteiger partial charge in [0, 0.05) is 48.7 Å². The Morgan fingerprint density at radius 1 is 1.11 bits per heavy atom. The van der Waals surface area contributed by atoms with Crippen molar-refractivity contribution in [3.05, 3.63) is 51.9 Å². The highest BCUT2D eigenvalue weighted by Crippen LogP contribution is 2.32. The maximum atomic E-state index is 13.4. The van der Waals surface area contributed by atoms with E-state index in [0.717, 1.165) is 62.7 Å². The second kappa shape index (κ2) is 11.0. The maximum Gasteiger partial charge on any atom is 0.263 e. The first kappa shape index (κ1) is 25.4. The van der Waals surface area contributed by atoms with E-state index >= 15 is 0 Å². The second-order valence-corrected chi connectivity index (χ2v) is 10.6. The van der Waals surface area contributed by atoms with Crippen molar-refractivity contribution in [2.45, 2.75) is 71.3 Å². The van der Waals surface area contributed by atoms with Crippen LogP contribution < -0.4 is 15.8 Å². The number of Topliss-reactive ketones (excluding diaryl/α,β-unsaturated/α-hetero) is 1. The lowest BCUT2D eigenvalue weighted by Gasteiger charge is -2.33. The number of hydrogen-bond acceptors (Lipinski definition) is 7. The van der Waals surface area contributed by atoms with Gasteiger partial charge in [-0.2, -0.15) is 4.98 Å². The van der Waals surface area contributed by atoms with Gasteiger partial charge in [0.2, 0.25) is 5.95 Å². The lowest BCUT2D eigenvalue weighted by Crippen LogP contribution is -2.33. The Morgan fingerprint density at radius 2 is 1.81 bits per heavy atom. The summed E-state index contributed by atoms with van der Waals surface area (Å²) in [4.78, 5) is 37.5. The first-order valence-electron chi connectivity index (χ1n) is 13.6. The van der Waals surface area contributed by atoms with Crippen LogP contribution in [0.2, 0.25) is 0 Å². The molecule has 2 fully saturated rings. The van der Waals surface area contributed by atoms with Gasteiger partial charge < -0.3 is 15.3 Å². The number of aryl methyl sites for hydroxylation is 1. The van der Waals surface area contributed by atoms with Gasteiger partial charge in [0.1, 0.15) is 5.65 Å². The van der Waals surface area contributed by atoms with E-state index in [1.807, 2.05) is 19.1 Å². The van der Waals surface area contributed by atoms with Crippen LogP contribution in [0.5, 0.6) is 0 Å². The molecule has 0 unspecified atom stereocenters. The third kappa shape index (κ3) is 5.25. The van der Waals surface area contributed by atoms with Gasteiger partial charge in [-0.25, -0.2) is 4.98 Å². The van der Waals surface area contributed by atoms with Crippen molar-refractivity contribution in [1.29, 1.82) is 0 Å². The van der Waals surface area contributed by atoms with Crippen LogP contribution in [-0.2, 0) is 0 Å². The number of pyridine rings is 1. The summed E-state index contributed by atoms with van der Waals surface area (Å²) in [7, 11) is 0. The highest BCUT2D eigenvalue weighted by Gasteiger charge is 2.26. The van der Waals surface area contributed by atoms with Crippen molar-refractivity contribution in [1.82, 2.24) is 14.5 Å². The number of hydrogen-bond donors (Lipinski definition) is 2. The first-order valence-corrected chi connectivity index (χ1v) is 13.6. The molecule has 8 nitrogen and oxygen atoms in total. The lowest BCUT2D eigenvalue weighted by molar-refractivity contribution is 0.101. The normalized spacial score (nSPS) is 17.0. The van der Waals surface area contributed by atoms with E-state index in [0.29, 0.717) is 23.1 Å². The smallest absolute Gasteiger partial charge is 0.263 e. The lowest BCUT2D eigenvalue weighted by atomic mass is 9.92.